The fourth-order valence-corrected chi connectivity index (χ4v) is 2.10. The zero-order chi connectivity index (χ0) is 13.1. The Hall–Kier alpha value is -1.66. The molecule has 1 amide bonds. The molecule has 1 atom stereocenters. The molecule has 1 aliphatic heterocycles. The quantitative estimate of drug-likeness (QED) is 0.659. The zero-order valence-electron chi connectivity index (χ0n) is 10.5. The number of carbonyl (C=O) groups excluding carboxylic acids is 1. The molecule has 1 saturated heterocycles. The van der Waals surface area contributed by atoms with Gasteiger partial charge in [-0.25, -0.2) is 0 Å². The smallest absolute Gasteiger partial charge is 0.282 e. The molecule has 0 radical (unpaired) electrons. The lowest BCUT2D eigenvalue weighted by molar-refractivity contribution is -0.385. The van der Waals surface area contributed by atoms with E-state index in [1.807, 2.05) is 6.92 Å². The van der Waals surface area contributed by atoms with Gasteiger partial charge in [-0.3, -0.25) is 14.9 Å². The minimum absolute atomic E-state index is 0. The first kappa shape index (κ1) is 15.4. The monoisotopic (exact) mass is 285 g/mol. The minimum atomic E-state index is -0.515. The number of nitro groups is 1. The maximum Gasteiger partial charge on any atom is 0.282 e. The van der Waals surface area contributed by atoms with E-state index in [1.165, 1.54) is 12.1 Å². The normalized spacial score (nSPS) is 18.6. The Morgan fingerprint density at radius 1 is 1.47 bits per heavy atom. The van der Waals surface area contributed by atoms with Crippen LogP contribution in [0.15, 0.2) is 24.3 Å². The van der Waals surface area contributed by atoms with Crippen LogP contribution in [0.25, 0.3) is 0 Å². The summed E-state index contributed by atoms with van der Waals surface area (Å²) in [5.41, 5.74) is 0.0327. The van der Waals surface area contributed by atoms with E-state index >= 15 is 0 Å². The molecule has 19 heavy (non-hydrogen) atoms. The fourth-order valence-electron chi connectivity index (χ4n) is 2.10. The summed E-state index contributed by atoms with van der Waals surface area (Å²) >= 11 is 0. The maximum absolute atomic E-state index is 12.3. The number of benzene rings is 1. The summed E-state index contributed by atoms with van der Waals surface area (Å²) in [7, 11) is 0. The van der Waals surface area contributed by atoms with Gasteiger partial charge in [0.2, 0.25) is 0 Å². The summed E-state index contributed by atoms with van der Waals surface area (Å²) < 4.78 is 0. The molecule has 0 spiro atoms. The lowest BCUT2D eigenvalue weighted by atomic mass is 10.1. The number of amides is 1. The molecule has 1 aliphatic rings. The lowest BCUT2D eigenvalue weighted by Crippen LogP contribution is -2.51. The topological polar surface area (TPSA) is 75.5 Å². The summed E-state index contributed by atoms with van der Waals surface area (Å²) in [5, 5.41) is 14.1. The zero-order valence-corrected chi connectivity index (χ0v) is 11.4. The van der Waals surface area contributed by atoms with Gasteiger partial charge in [0.1, 0.15) is 5.56 Å². The molecule has 104 valence electrons. The van der Waals surface area contributed by atoms with Crippen molar-refractivity contribution in [3.05, 3.63) is 39.9 Å². The number of nitro benzene ring substituents is 1. The Morgan fingerprint density at radius 3 is 2.79 bits per heavy atom. The second-order valence-corrected chi connectivity index (χ2v) is 4.38. The van der Waals surface area contributed by atoms with E-state index in [0.717, 1.165) is 0 Å². The van der Waals surface area contributed by atoms with Gasteiger partial charge < -0.3 is 10.2 Å². The second kappa shape index (κ2) is 6.49. The Bertz CT molecular complexity index is 481. The van der Waals surface area contributed by atoms with Crippen molar-refractivity contribution in [3.8, 4) is 0 Å². The average Bonchev–Trinajstić information content (AvgIpc) is 2.38. The number of nitrogens with zero attached hydrogens (tertiary/aromatic N) is 2. The molecular formula is C12H16ClN3O3. The Morgan fingerprint density at radius 2 is 2.16 bits per heavy atom. The highest BCUT2D eigenvalue weighted by Gasteiger charge is 2.26. The molecule has 0 saturated carbocycles. The van der Waals surface area contributed by atoms with Crippen LogP contribution in [-0.4, -0.2) is 41.4 Å². The third-order valence-corrected chi connectivity index (χ3v) is 2.99. The molecule has 1 aromatic rings. The minimum Gasteiger partial charge on any atom is -0.336 e. The summed E-state index contributed by atoms with van der Waals surface area (Å²) in [6, 6.07) is 6.29. The van der Waals surface area contributed by atoms with Gasteiger partial charge in [0.05, 0.1) is 4.92 Å². The van der Waals surface area contributed by atoms with Crippen LogP contribution in [0.5, 0.6) is 0 Å². The third-order valence-electron chi connectivity index (χ3n) is 2.99. The number of carbonyl (C=O) groups is 1. The molecule has 0 aliphatic carbocycles. The lowest BCUT2D eigenvalue weighted by Gasteiger charge is -2.31. The molecule has 0 aromatic heterocycles. The summed E-state index contributed by atoms with van der Waals surface area (Å²) in [6.45, 7) is 3.85. The summed E-state index contributed by atoms with van der Waals surface area (Å²) in [5.74, 6) is -0.268. The number of rotatable bonds is 2. The largest absolute Gasteiger partial charge is 0.336 e. The number of nitrogens with one attached hydrogen (secondary N) is 1. The van der Waals surface area contributed by atoms with E-state index in [9.17, 15) is 14.9 Å². The highest BCUT2D eigenvalue weighted by molar-refractivity contribution is 5.98. The van der Waals surface area contributed by atoms with Crippen molar-refractivity contribution < 1.29 is 9.72 Å². The van der Waals surface area contributed by atoms with Crippen LogP contribution in [0.2, 0.25) is 0 Å². The van der Waals surface area contributed by atoms with E-state index in [4.69, 9.17) is 0 Å². The third kappa shape index (κ3) is 3.42. The number of halogens is 1. The van der Waals surface area contributed by atoms with Crippen molar-refractivity contribution >= 4 is 24.0 Å². The Kier molecular flexibility index (Phi) is 5.26. The van der Waals surface area contributed by atoms with E-state index in [0.29, 0.717) is 19.6 Å². The molecule has 1 fully saturated rings. The molecule has 1 aromatic carbocycles. The predicted octanol–water partition coefficient (Wildman–Crippen LogP) is 1.45. The van der Waals surface area contributed by atoms with Gasteiger partial charge in [-0.2, -0.15) is 0 Å². The van der Waals surface area contributed by atoms with Crippen molar-refractivity contribution in [2.45, 2.75) is 13.0 Å². The standard InChI is InChI=1S/C12H15N3O3.ClH/c1-9-8-14(7-6-13-9)12(16)10-4-2-3-5-11(10)15(17)18;/h2-5,9,13H,6-8H2,1H3;1H/t9-;/m1./s1. The van der Waals surface area contributed by atoms with Crippen molar-refractivity contribution in [1.29, 1.82) is 0 Å². The molecule has 1 N–H and O–H groups in total. The van der Waals surface area contributed by atoms with Gasteiger partial charge in [0, 0.05) is 31.7 Å². The first-order chi connectivity index (χ1) is 8.59. The van der Waals surface area contributed by atoms with Gasteiger partial charge >= 0.3 is 0 Å². The van der Waals surface area contributed by atoms with Crippen molar-refractivity contribution in [1.82, 2.24) is 10.2 Å². The first-order valence-corrected chi connectivity index (χ1v) is 5.85. The van der Waals surface area contributed by atoms with Crippen LogP contribution in [0.4, 0.5) is 5.69 Å². The van der Waals surface area contributed by atoms with Gasteiger partial charge in [0.25, 0.3) is 11.6 Å². The molecule has 7 heteroatoms. The van der Waals surface area contributed by atoms with Crippen LogP contribution in [0.3, 0.4) is 0 Å². The highest BCUT2D eigenvalue weighted by Crippen LogP contribution is 2.20. The molecule has 6 nitrogen and oxygen atoms in total. The summed E-state index contributed by atoms with van der Waals surface area (Å²) in [4.78, 5) is 24.3. The maximum atomic E-state index is 12.3. The number of hydrogen-bond acceptors (Lipinski definition) is 4. The Labute approximate surface area is 117 Å². The van der Waals surface area contributed by atoms with Gasteiger partial charge in [-0.1, -0.05) is 12.1 Å². The molecule has 1 heterocycles. The van der Waals surface area contributed by atoms with Crippen molar-refractivity contribution in [3.63, 3.8) is 0 Å². The van der Waals surface area contributed by atoms with Gasteiger partial charge in [-0.05, 0) is 13.0 Å². The molecule has 0 unspecified atom stereocenters. The van der Waals surface area contributed by atoms with E-state index in [-0.39, 0.29) is 35.6 Å². The fraction of sp³-hybridized carbons (Fsp3) is 0.417. The van der Waals surface area contributed by atoms with Gasteiger partial charge in [-0.15, -0.1) is 12.4 Å². The van der Waals surface area contributed by atoms with E-state index in [1.54, 1.807) is 17.0 Å². The van der Waals surface area contributed by atoms with Crippen LogP contribution >= 0.6 is 12.4 Å². The number of para-hydroxylation sites is 1. The van der Waals surface area contributed by atoms with Crippen LogP contribution < -0.4 is 5.32 Å². The van der Waals surface area contributed by atoms with Crippen LogP contribution in [0, 0.1) is 10.1 Å². The number of piperazine rings is 1. The first-order valence-electron chi connectivity index (χ1n) is 5.85. The summed E-state index contributed by atoms with van der Waals surface area (Å²) in [6.07, 6.45) is 0. The molecule has 2 rings (SSSR count). The second-order valence-electron chi connectivity index (χ2n) is 4.38. The van der Waals surface area contributed by atoms with Crippen LogP contribution in [0.1, 0.15) is 17.3 Å². The predicted molar refractivity (Wildman–Crippen MR) is 73.7 cm³/mol. The van der Waals surface area contributed by atoms with Crippen LogP contribution in [-0.2, 0) is 0 Å². The van der Waals surface area contributed by atoms with Crippen molar-refractivity contribution in [2.24, 2.45) is 0 Å². The van der Waals surface area contributed by atoms with Gasteiger partial charge in [0.15, 0.2) is 0 Å². The van der Waals surface area contributed by atoms with E-state index < -0.39 is 4.92 Å². The van der Waals surface area contributed by atoms with Crippen molar-refractivity contribution in [2.75, 3.05) is 19.6 Å². The SMILES string of the molecule is C[C@@H]1CN(C(=O)c2ccccc2[N+](=O)[O-])CCN1.Cl. The molecule has 0 bridgehead atoms. The number of hydrogen-bond donors (Lipinski definition) is 1. The highest BCUT2D eigenvalue weighted by atomic mass is 35.5. The Balaban J connectivity index is 0.00000180. The molecular weight excluding hydrogens is 270 g/mol. The van der Waals surface area contributed by atoms with E-state index in [2.05, 4.69) is 5.32 Å². The average molecular weight is 286 g/mol.